The number of nitrogens with one attached hydrogen (secondary N) is 4. The average Bonchev–Trinajstić information content (AvgIpc) is 3.11. The van der Waals surface area contributed by atoms with E-state index >= 15 is 0 Å². The van der Waals surface area contributed by atoms with Gasteiger partial charge in [0, 0.05) is 33.4 Å². The highest BCUT2D eigenvalue weighted by Crippen LogP contribution is 2.29. The summed E-state index contributed by atoms with van der Waals surface area (Å²) in [6.07, 6.45) is 1.39. The van der Waals surface area contributed by atoms with Gasteiger partial charge in [-0.1, -0.05) is 29.3 Å². The fraction of sp³-hybridized carbons (Fsp3) is 0.0526. The Balaban J connectivity index is 1.52. The summed E-state index contributed by atoms with van der Waals surface area (Å²) < 4.78 is 3.01. The molecular formula is C19H15Cl2N7OS. The molecule has 2 aromatic carbocycles. The third-order valence-corrected chi connectivity index (χ3v) is 5.19. The predicted octanol–water partition coefficient (Wildman–Crippen LogP) is 6.00. The molecule has 4 N–H and O–H groups in total. The first-order valence-electron chi connectivity index (χ1n) is 8.71. The van der Waals surface area contributed by atoms with E-state index in [1.54, 1.807) is 18.2 Å². The van der Waals surface area contributed by atoms with Crippen LogP contribution in [0.3, 0.4) is 0 Å². The molecule has 1 amide bonds. The Labute approximate surface area is 185 Å². The topological polar surface area (TPSA) is 108 Å². The summed E-state index contributed by atoms with van der Waals surface area (Å²) in [7, 11) is 0. The number of fused-ring (bicyclic) bond motifs is 1. The molecule has 0 saturated heterocycles. The summed E-state index contributed by atoms with van der Waals surface area (Å²) in [6, 6.07) is 12.6. The normalized spacial score (nSPS) is 10.8. The highest BCUT2D eigenvalue weighted by molar-refractivity contribution is 8.15. The lowest BCUT2D eigenvalue weighted by atomic mass is 10.2. The molecular weight excluding hydrogens is 445 g/mol. The number of aromatic nitrogens is 4. The monoisotopic (exact) mass is 459 g/mol. The van der Waals surface area contributed by atoms with Crippen molar-refractivity contribution >= 4 is 74.4 Å². The Morgan fingerprint density at radius 1 is 1.10 bits per heavy atom. The maximum atomic E-state index is 12.5. The van der Waals surface area contributed by atoms with Crippen molar-refractivity contribution in [1.29, 1.82) is 0 Å². The molecule has 0 fully saturated rings. The van der Waals surface area contributed by atoms with E-state index in [-0.39, 0.29) is 5.24 Å². The fourth-order valence-electron chi connectivity index (χ4n) is 2.71. The van der Waals surface area contributed by atoms with Gasteiger partial charge >= 0.3 is 5.24 Å². The van der Waals surface area contributed by atoms with Crippen LogP contribution in [0.4, 0.5) is 27.8 Å². The summed E-state index contributed by atoms with van der Waals surface area (Å²) in [6.45, 7) is 1.90. The number of aromatic amines is 1. The molecule has 0 bridgehead atoms. The van der Waals surface area contributed by atoms with Gasteiger partial charge in [0.2, 0.25) is 0 Å². The van der Waals surface area contributed by atoms with Crippen LogP contribution in [0.25, 0.3) is 11.0 Å². The first kappa shape index (κ1) is 20.3. The molecule has 11 heteroatoms. The van der Waals surface area contributed by atoms with Crippen molar-refractivity contribution in [2.45, 2.75) is 6.92 Å². The Bertz CT molecular complexity index is 1230. The Kier molecular flexibility index (Phi) is 5.93. The second-order valence-corrected chi connectivity index (χ2v) is 7.88. The van der Waals surface area contributed by atoms with Crippen molar-refractivity contribution in [3.05, 3.63) is 64.4 Å². The van der Waals surface area contributed by atoms with Crippen molar-refractivity contribution in [3.63, 3.8) is 0 Å². The number of carbonyl (C=O) groups excluding carboxylic acids is 1. The molecule has 4 aromatic rings. The molecule has 0 atom stereocenters. The maximum Gasteiger partial charge on any atom is 0.305 e. The molecule has 0 radical (unpaired) electrons. The van der Waals surface area contributed by atoms with Gasteiger partial charge in [0.15, 0.2) is 5.65 Å². The standard InChI is InChI=1S/C19H15Cl2N7OS/c1-10-7-12(21)5-6-14(10)28-30-19(29)25-18-15-16(22-9-23-17(15)26-27-18)24-13-4-2-3-11(20)8-13/h2-9,28H,1H3,(H3,22,23,24,25,26,27,29). The quantitative estimate of drug-likeness (QED) is 0.271. The number of aryl methyl sites for hydroxylation is 1. The first-order chi connectivity index (χ1) is 14.5. The smallest absolute Gasteiger partial charge is 0.305 e. The molecule has 2 heterocycles. The highest BCUT2D eigenvalue weighted by atomic mass is 35.5. The zero-order chi connectivity index (χ0) is 21.1. The number of rotatable bonds is 5. The van der Waals surface area contributed by atoms with Crippen LogP contribution in [-0.4, -0.2) is 25.4 Å². The van der Waals surface area contributed by atoms with Crippen molar-refractivity contribution in [3.8, 4) is 0 Å². The molecule has 4 rings (SSSR count). The number of amides is 1. The number of nitrogens with zero attached hydrogens (tertiary/aromatic N) is 3. The van der Waals surface area contributed by atoms with Crippen LogP contribution in [0.2, 0.25) is 10.0 Å². The van der Waals surface area contributed by atoms with E-state index in [1.807, 2.05) is 31.2 Å². The second-order valence-electron chi connectivity index (χ2n) is 6.23. The van der Waals surface area contributed by atoms with Gasteiger partial charge in [0.25, 0.3) is 0 Å². The first-order valence-corrected chi connectivity index (χ1v) is 10.3. The minimum atomic E-state index is -0.340. The van der Waals surface area contributed by atoms with Gasteiger partial charge in [-0.25, -0.2) is 9.97 Å². The van der Waals surface area contributed by atoms with Crippen LogP contribution in [0, 0.1) is 6.92 Å². The molecule has 30 heavy (non-hydrogen) atoms. The summed E-state index contributed by atoms with van der Waals surface area (Å²) in [5.74, 6) is 0.861. The molecule has 152 valence electrons. The van der Waals surface area contributed by atoms with Gasteiger partial charge in [-0.3, -0.25) is 15.2 Å². The van der Waals surface area contributed by atoms with Crippen LogP contribution in [0.15, 0.2) is 48.8 Å². The van der Waals surface area contributed by atoms with E-state index in [9.17, 15) is 4.79 Å². The third kappa shape index (κ3) is 4.59. The van der Waals surface area contributed by atoms with Gasteiger partial charge < -0.3 is 10.0 Å². The van der Waals surface area contributed by atoms with Gasteiger partial charge in [0.05, 0.1) is 0 Å². The lowest BCUT2D eigenvalue weighted by Gasteiger charge is -2.10. The number of H-pyrrole nitrogens is 1. The van der Waals surface area contributed by atoms with Gasteiger partial charge in [-0.05, 0) is 48.9 Å². The molecule has 0 aliphatic heterocycles. The van der Waals surface area contributed by atoms with E-state index in [1.165, 1.54) is 6.33 Å². The molecule has 0 aliphatic rings. The number of benzene rings is 2. The van der Waals surface area contributed by atoms with Crippen molar-refractivity contribution in [1.82, 2.24) is 20.2 Å². The van der Waals surface area contributed by atoms with E-state index in [0.29, 0.717) is 32.7 Å². The lowest BCUT2D eigenvalue weighted by Crippen LogP contribution is -2.09. The van der Waals surface area contributed by atoms with Crippen molar-refractivity contribution in [2.24, 2.45) is 0 Å². The minimum Gasteiger partial charge on any atom is -0.339 e. The van der Waals surface area contributed by atoms with Gasteiger partial charge in [0.1, 0.15) is 23.3 Å². The zero-order valence-electron chi connectivity index (χ0n) is 15.5. The second kappa shape index (κ2) is 8.78. The summed E-state index contributed by atoms with van der Waals surface area (Å²) in [5, 5.41) is 14.3. The van der Waals surface area contributed by atoms with E-state index < -0.39 is 0 Å². The van der Waals surface area contributed by atoms with E-state index in [4.69, 9.17) is 23.2 Å². The number of hydrogen-bond donors (Lipinski definition) is 4. The fourth-order valence-corrected chi connectivity index (χ4v) is 3.72. The third-order valence-electron chi connectivity index (χ3n) is 4.11. The number of hydrogen-bond acceptors (Lipinski definition) is 7. The van der Waals surface area contributed by atoms with Crippen molar-refractivity contribution < 1.29 is 4.79 Å². The van der Waals surface area contributed by atoms with Crippen molar-refractivity contribution in [2.75, 3.05) is 15.4 Å². The summed E-state index contributed by atoms with van der Waals surface area (Å²) in [5.41, 5.74) is 2.88. The van der Waals surface area contributed by atoms with Crippen LogP contribution in [0.5, 0.6) is 0 Å². The largest absolute Gasteiger partial charge is 0.339 e. The van der Waals surface area contributed by atoms with Crippen LogP contribution >= 0.6 is 35.1 Å². The molecule has 0 aliphatic carbocycles. The molecule has 0 spiro atoms. The van der Waals surface area contributed by atoms with E-state index in [2.05, 4.69) is 35.5 Å². The average molecular weight is 460 g/mol. The minimum absolute atomic E-state index is 0.340. The molecule has 8 nitrogen and oxygen atoms in total. The summed E-state index contributed by atoms with van der Waals surface area (Å²) >= 11 is 12.9. The summed E-state index contributed by atoms with van der Waals surface area (Å²) in [4.78, 5) is 20.9. The van der Waals surface area contributed by atoms with Crippen LogP contribution in [0.1, 0.15) is 5.56 Å². The Hall–Kier alpha value is -3.01. The van der Waals surface area contributed by atoms with Crippen LogP contribution in [-0.2, 0) is 0 Å². The Morgan fingerprint density at radius 3 is 2.73 bits per heavy atom. The molecule has 0 saturated carbocycles. The number of halogens is 2. The van der Waals surface area contributed by atoms with Gasteiger partial charge in [-0.2, -0.15) is 5.10 Å². The maximum absolute atomic E-state index is 12.5. The predicted molar refractivity (Wildman–Crippen MR) is 123 cm³/mol. The number of anilines is 4. The lowest BCUT2D eigenvalue weighted by molar-refractivity contribution is 0.270. The zero-order valence-corrected chi connectivity index (χ0v) is 17.9. The SMILES string of the molecule is Cc1cc(Cl)ccc1NSC(=O)Nc1[nH]nc2ncnc(Nc3cccc(Cl)c3)c12. The molecule has 2 aromatic heterocycles. The molecule has 0 unspecified atom stereocenters. The number of carbonyl (C=O) groups is 1. The van der Waals surface area contributed by atoms with Gasteiger partial charge in [-0.15, -0.1) is 0 Å². The van der Waals surface area contributed by atoms with E-state index in [0.717, 1.165) is 28.9 Å². The van der Waals surface area contributed by atoms with Crippen LogP contribution < -0.4 is 15.4 Å². The Morgan fingerprint density at radius 2 is 1.93 bits per heavy atom. The highest BCUT2D eigenvalue weighted by Gasteiger charge is 2.16.